The van der Waals surface area contributed by atoms with Crippen molar-refractivity contribution in [2.24, 2.45) is 0 Å². The van der Waals surface area contributed by atoms with Crippen molar-refractivity contribution in [3.05, 3.63) is 28.7 Å². The maximum atomic E-state index is 12.2. The molecule has 1 N–H and O–H groups in total. The van der Waals surface area contributed by atoms with Gasteiger partial charge in [-0.2, -0.15) is 5.26 Å². The number of rotatable bonds is 5. The highest BCUT2D eigenvalue weighted by molar-refractivity contribution is 9.10. The van der Waals surface area contributed by atoms with Crippen LogP contribution in [0.2, 0.25) is 0 Å². The minimum absolute atomic E-state index is 0.142. The Balaban J connectivity index is 1.57. The van der Waals surface area contributed by atoms with E-state index < -0.39 is 5.54 Å². The molecule has 0 aliphatic heterocycles. The van der Waals surface area contributed by atoms with Crippen molar-refractivity contribution in [3.63, 3.8) is 0 Å². The van der Waals surface area contributed by atoms with E-state index in [-0.39, 0.29) is 11.7 Å². The normalized spacial score (nSPS) is 16.2. The maximum Gasteiger partial charge on any atom is 0.277 e. The molecule has 2 aromatic rings. The number of halogens is 1. The summed E-state index contributed by atoms with van der Waals surface area (Å²) < 4.78 is 6.51. The number of aromatic nitrogens is 2. The summed E-state index contributed by atoms with van der Waals surface area (Å²) in [7, 11) is 0. The summed E-state index contributed by atoms with van der Waals surface area (Å²) in [6, 6.07) is 9.84. The highest BCUT2D eigenvalue weighted by Crippen LogP contribution is 2.28. The van der Waals surface area contributed by atoms with Crippen molar-refractivity contribution in [3.8, 4) is 17.5 Å². The van der Waals surface area contributed by atoms with Crippen LogP contribution < -0.4 is 5.32 Å². The lowest BCUT2D eigenvalue weighted by atomic mass is 9.83. The molecule has 0 spiro atoms. The first-order valence-corrected chi connectivity index (χ1v) is 9.83. The van der Waals surface area contributed by atoms with Crippen LogP contribution in [0.3, 0.4) is 0 Å². The summed E-state index contributed by atoms with van der Waals surface area (Å²) in [5.74, 6) is 0.365. The summed E-state index contributed by atoms with van der Waals surface area (Å²) in [4.78, 5) is 12.2. The minimum Gasteiger partial charge on any atom is -0.411 e. The van der Waals surface area contributed by atoms with E-state index in [1.807, 2.05) is 24.3 Å². The first-order chi connectivity index (χ1) is 12.1. The van der Waals surface area contributed by atoms with Gasteiger partial charge in [0.25, 0.3) is 5.22 Å². The number of amides is 1. The number of hydrogen-bond acceptors (Lipinski definition) is 6. The van der Waals surface area contributed by atoms with E-state index in [2.05, 4.69) is 37.5 Å². The van der Waals surface area contributed by atoms with Gasteiger partial charge < -0.3 is 9.73 Å². The predicted molar refractivity (Wildman–Crippen MR) is 97.7 cm³/mol. The quantitative estimate of drug-likeness (QED) is 0.736. The Labute approximate surface area is 158 Å². The van der Waals surface area contributed by atoms with Crippen molar-refractivity contribution in [2.45, 2.75) is 42.9 Å². The van der Waals surface area contributed by atoms with Crippen molar-refractivity contribution >= 4 is 33.6 Å². The molecule has 0 radical (unpaired) electrons. The van der Waals surface area contributed by atoms with Crippen LogP contribution in [-0.4, -0.2) is 27.4 Å². The monoisotopic (exact) mass is 420 g/mol. The SMILES string of the molecule is N#CC1(NC(=O)CSc2nnc(-c3cccc(Br)c3)o2)CCCCC1. The summed E-state index contributed by atoms with van der Waals surface area (Å²) in [6.45, 7) is 0. The molecule has 1 amide bonds. The third kappa shape index (κ3) is 4.61. The maximum absolute atomic E-state index is 12.2. The van der Waals surface area contributed by atoms with Crippen LogP contribution in [0.5, 0.6) is 0 Å². The molecule has 6 nitrogen and oxygen atoms in total. The molecule has 3 rings (SSSR count). The molecule has 1 aromatic carbocycles. The molecule has 0 atom stereocenters. The minimum atomic E-state index is -0.716. The largest absolute Gasteiger partial charge is 0.411 e. The fourth-order valence-electron chi connectivity index (χ4n) is 2.86. The Kier molecular flexibility index (Phi) is 5.76. The van der Waals surface area contributed by atoms with E-state index in [1.54, 1.807) is 0 Å². The highest BCUT2D eigenvalue weighted by atomic mass is 79.9. The van der Waals surface area contributed by atoms with Gasteiger partial charge in [-0.15, -0.1) is 10.2 Å². The zero-order valence-corrected chi connectivity index (χ0v) is 15.9. The Morgan fingerprint density at radius 3 is 2.88 bits per heavy atom. The third-order valence-corrected chi connectivity index (χ3v) is 5.42. The number of carbonyl (C=O) groups excluding carboxylic acids is 1. The van der Waals surface area contributed by atoms with Gasteiger partial charge in [0.15, 0.2) is 0 Å². The second kappa shape index (κ2) is 8.02. The van der Waals surface area contributed by atoms with Crippen molar-refractivity contribution in [1.29, 1.82) is 5.26 Å². The van der Waals surface area contributed by atoms with Gasteiger partial charge >= 0.3 is 0 Å². The van der Waals surface area contributed by atoms with Gasteiger partial charge in [0, 0.05) is 10.0 Å². The summed E-state index contributed by atoms with van der Waals surface area (Å²) in [6.07, 6.45) is 4.50. The number of hydrogen-bond donors (Lipinski definition) is 1. The Hall–Kier alpha value is -1.85. The Morgan fingerprint density at radius 1 is 1.36 bits per heavy atom. The zero-order chi connectivity index (χ0) is 17.7. The lowest BCUT2D eigenvalue weighted by Gasteiger charge is -2.31. The first kappa shape index (κ1) is 18.0. The van der Waals surface area contributed by atoms with Crippen molar-refractivity contribution < 1.29 is 9.21 Å². The summed E-state index contributed by atoms with van der Waals surface area (Å²) in [5, 5.41) is 20.6. The fourth-order valence-corrected chi connectivity index (χ4v) is 3.82. The molecule has 0 unspecified atom stereocenters. The van der Waals surface area contributed by atoms with Gasteiger partial charge in [0.05, 0.1) is 11.8 Å². The van der Waals surface area contributed by atoms with Crippen LogP contribution in [-0.2, 0) is 4.79 Å². The fraction of sp³-hybridized carbons (Fsp3) is 0.412. The van der Waals surface area contributed by atoms with Crippen LogP contribution in [0, 0.1) is 11.3 Å². The van der Waals surface area contributed by atoms with Crippen LogP contribution >= 0.6 is 27.7 Å². The molecule has 8 heteroatoms. The third-order valence-electron chi connectivity index (χ3n) is 4.10. The summed E-state index contributed by atoms with van der Waals surface area (Å²) in [5.41, 5.74) is 0.0930. The number of nitrogens with zero attached hydrogens (tertiary/aromatic N) is 3. The van der Waals surface area contributed by atoms with Gasteiger partial charge in [-0.25, -0.2) is 0 Å². The highest BCUT2D eigenvalue weighted by Gasteiger charge is 2.33. The molecule has 25 heavy (non-hydrogen) atoms. The van der Waals surface area contributed by atoms with Crippen LogP contribution in [0.1, 0.15) is 32.1 Å². The van der Waals surface area contributed by atoms with E-state index in [1.165, 1.54) is 11.8 Å². The van der Waals surface area contributed by atoms with Crippen LogP contribution in [0.15, 0.2) is 38.4 Å². The van der Waals surface area contributed by atoms with Crippen molar-refractivity contribution in [2.75, 3.05) is 5.75 Å². The van der Waals surface area contributed by atoms with Gasteiger partial charge in [0.1, 0.15) is 5.54 Å². The van der Waals surface area contributed by atoms with E-state index >= 15 is 0 Å². The van der Waals surface area contributed by atoms with E-state index in [0.29, 0.717) is 24.0 Å². The number of benzene rings is 1. The second-order valence-electron chi connectivity index (χ2n) is 5.97. The average molecular weight is 421 g/mol. The smallest absolute Gasteiger partial charge is 0.277 e. The molecule has 1 saturated carbocycles. The van der Waals surface area contributed by atoms with Gasteiger partial charge in [-0.3, -0.25) is 4.79 Å². The van der Waals surface area contributed by atoms with Gasteiger partial charge in [-0.1, -0.05) is 53.0 Å². The Morgan fingerprint density at radius 2 is 2.16 bits per heavy atom. The number of nitriles is 1. The molecule has 0 bridgehead atoms. The standard InChI is InChI=1S/C17H17BrN4O2S/c18-13-6-4-5-12(9-13)15-21-22-16(24-15)25-10-14(23)20-17(11-19)7-2-1-3-8-17/h4-6,9H,1-3,7-8,10H2,(H,20,23). The number of nitrogens with one attached hydrogen (secondary N) is 1. The molecule has 0 saturated heterocycles. The summed E-state index contributed by atoms with van der Waals surface area (Å²) >= 11 is 4.57. The number of thioether (sulfide) groups is 1. The molecule has 1 aliphatic rings. The second-order valence-corrected chi connectivity index (χ2v) is 7.82. The first-order valence-electron chi connectivity index (χ1n) is 8.05. The average Bonchev–Trinajstić information content (AvgIpc) is 3.10. The molecule has 1 aromatic heterocycles. The molecule has 1 fully saturated rings. The van der Waals surface area contributed by atoms with E-state index in [9.17, 15) is 10.1 Å². The molecular weight excluding hydrogens is 404 g/mol. The lowest BCUT2D eigenvalue weighted by Crippen LogP contribution is -2.49. The van der Waals surface area contributed by atoms with Crippen molar-refractivity contribution in [1.82, 2.24) is 15.5 Å². The molecule has 1 aliphatic carbocycles. The molecular formula is C17H17BrN4O2S. The van der Waals surface area contributed by atoms with Crippen LogP contribution in [0.4, 0.5) is 0 Å². The topological polar surface area (TPSA) is 91.8 Å². The number of carbonyl (C=O) groups is 1. The van der Waals surface area contributed by atoms with Gasteiger partial charge in [0.2, 0.25) is 11.8 Å². The predicted octanol–water partition coefficient (Wildman–Crippen LogP) is 3.93. The Bertz CT molecular complexity index is 796. The van der Waals surface area contributed by atoms with E-state index in [4.69, 9.17) is 4.42 Å². The van der Waals surface area contributed by atoms with E-state index in [0.717, 1.165) is 29.3 Å². The van der Waals surface area contributed by atoms with Gasteiger partial charge in [-0.05, 0) is 31.0 Å². The molecule has 1 heterocycles. The zero-order valence-electron chi connectivity index (χ0n) is 13.5. The molecule has 130 valence electrons. The van der Waals surface area contributed by atoms with Crippen LogP contribution in [0.25, 0.3) is 11.5 Å². The lowest BCUT2D eigenvalue weighted by molar-refractivity contribution is -0.120.